The van der Waals surface area contributed by atoms with Crippen molar-refractivity contribution in [2.75, 3.05) is 36.6 Å². The van der Waals surface area contributed by atoms with Crippen molar-refractivity contribution in [1.29, 1.82) is 0 Å². The van der Waals surface area contributed by atoms with E-state index in [4.69, 9.17) is 10.5 Å². The molecule has 10 heteroatoms. The highest BCUT2D eigenvalue weighted by molar-refractivity contribution is 7.99. The number of nitrogen functional groups attached to an aromatic ring is 1. The van der Waals surface area contributed by atoms with Gasteiger partial charge in [0, 0.05) is 26.4 Å². The number of methoxy groups -OCH3 is 1. The van der Waals surface area contributed by atoms with Gasteiger partial charge in [0.05, 0.1) is 17.4 Å². The number of nitrogens with one attached hydrogen (secondary N) is 1. The molecule has 0 aliphatic carbocycles. The molecule has 0 spiro atoms. The number of anilines is 2. The molecule has 0 atom stereocenters. The minimum atomic E-state index is -0.692. The molecule has 2 aromatic heterocycles. The number of H-pyrrole nitrogens is 1. The molecular formula is C18H25N5O4S. The molecule has 2 aromatic rings. The zero-order chi connectivity index (χ0) is 20.5. The summed E-state index contributed by atoms with van der Waals surface area (Å²) in [4.78, 5) is 45.2. The second kappa shape index (κ2) is 10.7. The van der Waals surface area contributed by atoms with Gasteiger partial charge in [0.25, 0.3) is 5.56 Å². The zero-order valence-corrected chi connectivity index (χ0v) is 16.8. The van der Waals surface area contributed by atoms with Crippen LogP contribution in [-0.4, -0.2) is 46.5 Å². The van der Waals surface area contributed by atoms with Crippen LogP contribution in [0.3, 0.4) is 0 Å². The fourth-order valence-corrected chi connectivity index (χ4v) is 3.30. The Labute approximate surface area is 166 Å². The zero-order valence-electron chi connectivity index (χ0n) is 16.0. The van der Waals surface area contributed by atoms with Crippen LogP contribution in [0.25, 0.3) is 0 Å². The van der Waals surface area contributed by atoms with Crippen LogP contribution in [0.4, 0.5) is 11.5 Å². The molecule has 0 aromatic carbocycles. The lowest BCUT2D eigenvalue weighted by atomic mass is 10.3. The smallest absolute Gasteiger partial charge is 0.330 e. The standard InChI is InChI=1S/C18H25N5O4S/c1-3-4-9-23-16(19)15(17(25)21-18(23)26)22(10-11-27-2)14(24)12-28-13-7-5-6-8-20-13/h5-8H,3-4,9-12,19H2,1-2H3,(H,21,25,26). The predicted molar refractivity (Wildman–Crippen MR) is 110 cm³/mol. The number of nitrogens with two attached hydrogens (primary N) is 1. The number of pyridine rings is 1. The Morgan fingerprint density at radius 2 is 2.18 bits per heavy atom. The summed E-state index contributed by atoms with van der Waals surface area (Å²) in [5, 5.41) is 0.692. The van der Waals surface area contributed by atoms with E-state index in [0.717, 1.165) is 12.8 Å². The summed E-state index contributed by atoms with van der Waals surface area (Å²) in [6.07, 6.45) is 3.21. The van der Waals surface area contributed by atoms with E-state index >= 15 is 0 Å². The third-order valence-corrected chi connectivity index (χ3v) is 4.95. The van der Waals surface area contributed by atoms with Crippen LogP contribution < -0.4 is 21.9 Å². The molecule has 0 saturated carbocycles. The number of unbranched alkanes of at least 4 members (excludes halogenated alkanes) is 1. The minimum Gasteiger partial charge on any atom is -0.383 e. The van der Waals surface area contributed by atoms with Crippen LogP contribution in [0.2, 0.25) is 0 Å². The number of ether oxygens (including phenoxy) is 1. The van der Waals surface area contributed by atoms with Crippen LogP contribution in [-0.2, 0) is 16.1 Å². The second-order valence-corrected chi connectivity index (χ2v) is 6.99. The summed E-state index contributed by atoms with van der Waals surface area (Å²) >= 11 is 1.25. The quantitative estimate of drug-likeness (QED) is 0.565. The number of carbonyl (C=O) groups excluding carboxylic acids is 1. The Morgan fingerprint density at radius 1 is 1.39 bits per heavy atom. The average molecular weight is 407 g/mol. The Hall–Kier alpha value is -2.59. The number of nitrogens with zero attached hydrogens (tertiary/aromatic N) is 3. The number of aromatic nitrogens is 3. The number of amides is 1. The molecule has 28 heavy (non-hydrogen) atoms. The number of rotatable bonds is 10. The van der Waals surface area contributed by atoms with E-state index in [1.807, 2.05) is 13.0 Å². The lowest BCUT2D eigenvalue weighted by molar-refractivity contribution is -0.116. The van der Waals surface area contributed by atoms with Gasteiger partial charge in [-0.05, 0) is 18.6 Å². The van der Waals surface area contributed by atoms with E-state index in [0.29, 0.717) is 11.6 Å². The van der Waals surface area contributed by atoms with Crippen LogP contribution in [0.1, 0.15) is 19.8 Å². The SMILES string of the molecule is CCCCn1c(N)c(N(CCOC)C(=O)CSc2ccccn2)c(=O)[nH]c1=O. The highest BCUT2D eigenvalue weighted by atomic mass is 32.2. The second-order valence-electron chi connectivity index (χ2n) is 5.99. The largest absolute Gasteiger partial charge is 0.383 e. The Bertz CT molecular complexity index is 897. The average Bonchev–Trinajstić information content (AvgIpc) is 2.69. The fourth-order valence-electron chi connectivity index (χ4n) is 2.57. The first-order valence-electron chi connectivity index (χ1n) is 8.95. The molecule has 3 N–H and O–H groups in total. The first kappa shape index (κ1) is 21.7. The maximum atomic E-state index is 12.9. The molecule has 0 saturated heterocycles. The summed E-state index contributed by atoms with van der Waals surface area (Å²) in [6.45, 7) is 2.70. The minimum absolute atomic E-state index is 0.0190. The third kappa shape index (κ3) is 5.46. The van der Waals surface area contributed by atoms with Gasteiger partial charge in [-0.3, -0.25) is 19.1 Å². The molecule has 0 bridgehead atoms. The number of carbonyl (C=O) groups is 1. The van der Waals surface area contributed by atoms with Crippen molar-refractivity contribution in [3.05, 3.63) is 45.2 Å². The van der Waals surface area contributed by atoms with E-state index in [1.54, 1.807) is 18.3 Å². The van der Waals surface area contributed by atoms with Crippen LogP contribution in [0.15, 0.2) is 39.0 Å². The van der Waals surface area contributed by atoms with Crippen molar-refractivity contribution in [2.45, 2.75) is 31.3 Å². The van der Waals surface area contributed by atoms with E-state index in [9.17, 15) is 14.4 Å². The van der Waals surface area contributed by atoms with E-state index in [2.05, 4.69) is 9.97 Å². The van der Waals surface area contributed by atoms with Gasteiger partial charge >= 0.3 is 5.69 Å². The Morgan fingerprint density at radius 3 is 2.82 bits per heavy atom. The molecule has 0 radical (unpaired) electrons. The summed E-state index contributed by atoms with van der Waals surface area (Å²) in [6, 6.07) is 5.41. The normalized spacial score (nSPS) is 10.8. The maximum Gasteiger partial charge on any atom is 0.330 e. The topological polar surface area (TPSA) is 123 Å². The summed E-state index contributed by atoms with van der Waals surface area (Å²) in [5.74, 6) is -0.284. The number of hydrogen-bond donors (Lipinski definition) is 2. The van der Waals surface area contributed by atoms with E-state index < -0.39 is 11.2 Å². The molecule has 0 aliphatic heterocycles. The number of aromatic amines is 1. The maximum absolute atomic E-state index is 12.9. The van der Waals surface area contributed by atoms with Crippen LogP contribution >= 0.6 is 11.8 Å². The van der Waals surface area contributed by atoms with Gasteiger partial charge in [0.15, 0.2) is 5.69 Å². The van der Waals surface area contributed by atoms with Crippen molar-refractivity contribution in [1.82, 2.24) is 14.5 Å². The van der Waals surface area contributed by atoms with Gasteiger partial charge in [-0.15, -0.1) is 0 Å². The molecule has 0 fully saturated rings. The molecule has 0 unspecified atom stereocenters. The highest BCUT2D eigenvalue weighted by Crippen LogP contribution is 2.20. The summed E-state index contributed by atoms with van der Waals surface area (Å²) < 4.78 is 6.36. The van der Waals surface area contributed by atoms with Gasteiger partial charge in [-0.2, -0.15) is 0 Å². The molecule has 152 valence electrons. The highest BCUT2D eigenvalue weighted by Gasteiger charge is 2.24. The number of hydrogen-bond acceptors (Lipinski definition) is 7. The van der Waals surface area contributed by atoms with Crippen molar-refractivity contribution in [2.24, 2.45) is 0 Å². The van der Waals surface area contributed by atoms with Gasteiger partial charge in [-0.25, -0.2) is 9.78 Å². The van der Waals surface area contributed by atoms with Crippen molar-refractivity contribution >= 4 is 29.2 Å². The first-order chi connectivity index (χ1) is 13.5. The fraction of sp³-hybridized carbons (Fsp3) is 0.444. The molecule has 2 rings (SSSR count). The molecule has 2 heterocycles. The van der Waals surface area contributed by atoms with Crippen molar-refractivity contribution < 1.29 is 9.53 Å². The first-order valence-corrected chi connectivity index (χ1v) is 9.93. The van der Waals surface area contributed by atoms with E-state index in [-0.39, 0.29) is 36.3 Å². The molecule has 0 aliphatic rings. The van der Waals surface area contributed by atoms with Crippen LogP contribution in [0.5, 0.6) is 0 Å². The number of thioether (sulfide) groups is 1. The lowest BCUT2D eigenvalue weighted by Crippen LogP contribution is -2.43. The molecule has 9 nitrogen and oxygen atoms in total. The lowest BCUT2D eigenvalue weighted by Gasteiger charge is -2.24. The van der Waals surface area contributed by atoms with E-state index in [1.165, 1.54) is 28.3 Å². The van der Waals surface area contributed by atoms with Crippen LogP contribution in [0, 0.1) is 0 Å². The third-order valence-electron chi connectivity index (χ3n) is 4.02. The molecular weight excluding hydrogens is 382 g/mol. The van der Waals surface area contributed by atoms with Gasteiger partial charge in [0.1, 0.15) is 5.82 Å². The van der Waals surface area contributed by atoms with Gasteiger partial charge in [-0.1, -0.05) is 31.2 Å². The summed E-state index contributed by atoms with van der Waals surface area (Å²) in [7, 11) is 1.50. The Kier molecular flexibility index (Phi) is 8.27. The van der Waals surface area contributed by atoms with Crippen molar-refractivity contribution in [3.8, 4) is 0 Å². The summed E-state index contributed by atoms with van der Waals surface area (Å²) in [5.41, 5.74) is 4.83. The van der Waals surface area contributed by atoms with Gasteiger partial charge < -0.3 is 15.4 Å². The van der Waals surface area contributed by atoms with Crippen molar-refractivity contribution in [3.63, 3.8) is 0 Å². The monoisotopic (exact) mass is 407 g/mol. The van der Waals surface area contributed by atoms with Gasteiger partial charge in [0.2, 0.25) is 5.91 Å². The Balaban J connectivity index is 2.34. The molecule has 1 amide bonds. The predicted octanol–water partition coefficient (Wildman–Crippen LogP) is 1.09.